The summed E-state index contributed by atoms with van der Waals surface area (Å²) < 4.78 is 0.264. The van der Waals surface area contributed by atoms with Gasteiger partial charge in [0.25, 0.3) is 0 Å². The van der Waals surface area contributed by atoms with Crippen molar-refractivity contribution in [2.75, 3.05) is 23.7 Å². The van der Waals surface area contributed by atoms with Crippen LogP contribution in [0.5, 0.6) is 0 Å². The summed E-state index contributed by atoms with van der Waals surface area (Å²) in [6.45, 7) is 12.8. The van der Waals surface area contributed by atoms with Crippen molar-refractivity contribution in [2.24, 2.45) is 0 Å². The fourth-order valence-electron chi connectivity index (χ4n) is 2.26. The Morgan fingerprint density at radius 2 is 2.00 bits per heavy atom. The van der Waals surface area contributed by atoms with Crippen LogP contribution < -0.4 is 4.90 Å². The molecule has 106 valence electrons. The zero-order valence-electron chi connectivity index (χ0n) is 12.3. The molecule has 2 heterocycles. The van der Waals surface area contributed by atoms with Gasteiger partial charge < -0.3 is 4.90 Å². The third-order valence-electron chi connectivity index (χ3n) is 3.32. The minimum atomic E-state index is 0.264. The van der Waals surface area contributed by atoms with Crippen LogP contribution in [0.1, 0.15) is 45.0 Å². The van der Waals surface area contributed by atoms with E-state index >= 15 is 0 Å². The van der Waals surface area contributed by atoms with Gasteiger partial charge in [-0.3, -0.25) is 0 Å². The maximum absolute atomic E-state index is 6.27. The summed E-state index contributed by atoms with van der Waals surface area (Å²) in [7, 11) is 0. The molecule has 3 nitrogen and oxygen atoms in total. The minimum absolute atomic E-state index is 0.264. The largest absolute Gasteiger partial charge is 0.354 e. The number of halogens is 1. The second-order valence-electron chi connectivity index (χ2n) is 6.01. The summed E-state index contributed by atoms with van der Waals surface area (Å²) in [5.41, 5.74) is 0.994. The lowest BCUT2D eigenvalue weighted by atomic mass is 10.1. The van der Waals surface area contributed by atoms with Gasteiger partial charge >= 0.3 is 0 Å². The van der Waals surface area contributed by atoms with Crippen molar-refractivity contribution in [3.05, 3.63) is 16.5 Å². The van der Waals surface area contributed by atoms with E-state index in [-0.39, 0.29) is 4.75 Å². The van der Waals surface area contributed by atoms with Crippen molar-refractivity contribution in [3.8, 4) is 0 Å². The summed E-state index contributed by atoms with van der Waals surface area (Å²) in [4.78, 5) is 11.5. The molecule has 1 fully saturated rings. The first kappa shape index (κ1) is 14.9. The van der Waals surface area contributed by atoms with Crippen molar-refractivity contribution in [1.29, 1.82) is 0 Å². The lowest BCUT2D eigenvalue weighted by Crippen LogP contribution is -2.44. The van der Waals surface area contributed by atoms with Crippen LogP contribution in [0, 0.1) is 6.92 Å². The van der Waals surface area contributed by atoms with E-state index in [1.165, 1.54) is 0 Å². The van der Waals surface area contributed by atoms with Crippen LogP contribution in [-0.2, 0) is 0 Å². The molecular weight excluding hydrogens is 278 g/mol. The molecule has 0 aromatic carbocycles. The number of hydrogen-bond donors (Lipinski definition) is 0. The topological polar surface area (TPSA) is 29.0 Å². The monoisotopic (exact) mass is 299 g/mol. The second-order valence-corrected chi connectivity index (χ2v) is 8.17. The summed E-state index contributed by atoms with van der Waals surface area (Å²) >= 11 is 8.29. The molecule has 0 radical (unpaired) electrons. The summed E-state index contributed by atoms with van der Waals surface area (Å²) in [6, 6.07) is 0. The minimum Gasteiger partial charge on any atom is -0.354 e. The molecular formula is C14H22ClN3S. The standard InChI is InChI=1S/C14H22ClN3S/c1-9(2)12-16-11(15)10(3)13(17-12)18-6-7-19-14(4,5)8-18/h9H,6-8H2,1-5H3. The van der Waals surface area contributed by atoms with E-state index in [0.717, 1.165) is 36.0 Å². The van der Waals surface area contributed by atoms with Crippen LogP contribution in [0.2, 0.25) is 5.15 Å². The molecule has 0 unspecified atom stereocenters. The normalized spacial score (nSPS) is 19.0. The zero-order chi connectivity index (χ0) is 14.2. The first-order valence-electron chi connectivity index (χ1n) is 6.73. The molecule has 2 rings (SSSR count). The van der Waals surface area contributed by atoms with Gasteiger partial charge in [0.1, 0.15) is 16.8 Å². The fraction of sp³-hybridized carbons (Fsp3) is 0.714. The van der Waals surface area contributed by atoms with Crippen LogP contribution >= 0.6 is 23.4 Å². The zero-order valence-corrected chi connectivity index (χ0v) is 13.9. The second kappa shape index (κ2) is 5.49. The van der Waals surface area contributed by atoms with Crippen molar-refractivity contribution in [3.63, 3.8) is 0 Å². The van der Waals surface area contributed by atoms with Crippen molar-refractivity contribution >= 4 is 29.2 Å². The number of hydrogen-bond acceptors (Lipinski definition) is 4. The number of nitrogens with zero attached hydrogens (tertiary/aromatic N) is 3. The Hall–Kier alpha value is -0.480. The summed E-state index contributed by atoms with van der Waals surface area (Å²) in [5.74, 6) is 3.27. The molecule has 5 heteroatoms. The Balaban J connectivity index is 2.38. The Bertz CT molecular complexity index is 474. The predicted octanol–water partition coefficient (Wildman–Crippen LogP) is 3.89. The van der Waals surface area contributed by atoms with Crippen LogP contribution in [-0.4, -0.2) is 33.6 Å². The Labute approximate surface area is 125 Å². The number of aromatic nitrogens is 2. The molecule has 1 aromatic heterocycles. The first-order valence-corrected chi connectivity index (χ1v) is 8.09. The summed E-state index contributed by atoms with van der Waals surface area (Å²) in [6.07, 6.45) is 0. The Morgan fingerprint density at radius 3 is 2.58 bits per heavy atom. The molecule has 0 N–H and O–H groups in total. The van der Waals surface area contributed by atoms with Gasteiger partial charge in [0.2, 0.25) is 0 Å². The first-order chi connectivity index (χ1) is 8.80. The predicted molar refractivity (Wildman–Crippen MR) is 84.6 cm³/mol. The average molecular weight is 300 g/mol. The van der Waals surface area contributed by atoms with Gasteiger partial charge in [-0.1, -0.05) is 25.4 Å². The van der Waals surface area contributed by atoms with E-state index in [0.29, 0.717) is 11.1 Å². The molecule has 0 amide bonds. The third kappa shape index (κ3) is 3.34. The molecule has 0 aliphatic carbocycles. The van der Waals surface area contributed by atoms with Crippen molar-refractivity contribution in [1.82, 2.24) is 9.97 Å². The molecule has 1 aliphatic rings. The highest BCUT2D eigenvalue weighted by Gasteiger charge is 2.29. The van der Waals surface area contributed by atoms with E-state index in [2.05, 4.69) is 37.6 Å². The highest BCUT2D eigenvalue weighted by atomic mass is 35.5. The van der Waals surface area contributed by atoms with E-state index < -0.39 is 0 Å². The number of thioether (sulfide) groups is 1. The van der Waals surface area contributed by atoms with Crippen LogP contribution in [0.15, 0.2) is 0 Å². The lowest BCUT2D eigenvalue weighted by Gasteiger charge is -2.39. The third-order valence-corrected chi connectivity index (χ3v) is 4.98. The van der Waals surface area contributed by atoms with Crippen molar-refractivity contribution in [2.45, 2.75) is 45.3 Å². The molecule has 0 saturated carbocycles. The quantitative estimate of drug-likeness (QED) is 0.775. The van der Waals surface area contributed by atoms with Crippen molar-refractivity contribution < 1.29 is 0 Å². The van der Waals surface area contributed by atoms with E-state index in [1.54, 1.807) is 0 Å². The van der Waals surface area contributed by atoms with E-state index in [4.69, 9.17) is 16.6 Å². The van der Waals surface area contributed by atoms with Crippen LogP contribution in [0.25, 0.3) is 0 Å². The average Bonchev–Trinajstić information content (AvgIpc) is 2.30. The SMILES string of the molecule is Cc1c(Cl)nc(C(C)C)nc1N1CCSC(C)(C)C1. The maximum Gasteiger partial charge on any atom is 0.137 e. The van der Waals surface area contributed by atoms with Gasteiger partial charge in [-0.2, -0.15) is 11.8 Å². The van der Waals surface area contributed by atoms with Gasteiger partial charge in [0.05, 0.1) is 0 Å². The maximum atomic E-state index is 6.27. The number of anilines is 1. The number of rotatable bonds is 2. The van der Waals surface area contributed by atoms with Crippen LogP contribution in [0.3, 0.4) is 0 Å². The van der Waals surface area contributed by atoms with E-state index in [1.807, 2.05) is 18.7 Å². The smallest absolute Gasteiger partial charge is 0.137 e. The Kier molecular flexibility index (Phi) is 4.31. The molecule has 0 bridgehead atoms. The molecule has 0 atom stereocenters. The molecule has 1 saturated heterocycles. The van der Waals surface area contributed by atoms with Gasteiger partial charge in [-0.25, -0.2) is 9.97 Å². The fourth-order valence-corrected chi connectivity index (χ4v) is 3.54. The molecule has 1 aliphatic heterocycles. The van der Waals surface area contributed by atoms with Gasteiger partial charge in [0.15, 0.2) is 0 Å². The molecule has 19 heavy (non-hydrogen) atoms. The lowest BCUT2D eigenvalue weighted by molar-refractivity contribution is 0.636. The molecule has 0 spiro atoms. The summed E-state index contributed by atoms with van der Waals surface area (Å²) in [5, 5.41) is 0.588. The van der Waals surface area contributed by atoms with Crippen LogP contribution in [0.4, 0.5) is 5.82 Å². The van der Waals surface area contributed by atoms with Gasteiger partial charge in [-0.05, 0) is 20.8 Å². The van der Waals surface area contributed by atoms with Gasteiger partial charge in [-0.15, -0.1) is 0 Å². The molecule has 1 aromatic rings. The van der Waals surface area contributed by atoms with Gasteiger partial charge in [0, 0.05) is 35.1 Å². The Morgan fingerprint density at radius 1 is 1.32 bits per heavy atom. The highest BCUT2D eigenvalue weighted by molar-refractivity contribution is 8.00. The highest BCUT2D eigenvalue weighted by Crippen LogP contribution is 2.34. The van der Waals surface area contributed by atoms with E-state index in [9.17, 15) is 0 Å².